The average molecular weight is 261 g/mol. The zero-order valence-electron chi connectivity index (χ0n) is 12.0. The molecular weight excluding hydrogens is 238 g/mol. The molecule has 1 fully saturated rings. The zero-order valence-corrected chi connectivity index (χ0v) is 12.0. The van der Waals surface area contributed by atoms with Gasteiger partial charge in [-0.25, -0.2) is 0 Å². The molecule has 1 aromatic rings. The first kappa shape index (κ1) is 13.9. The summed E-state index contributed by atoms with van der Waals surface area (Å²) in [6, 6.07) is 4.80. The molecule has 0 spiro atoms. The van der Waals surface area contributed by atoms with Gasteiger partial charge in [-0.3, -0.25) is 4.79 Å². The predicted octanol–water partition coefficient (Wildman–Crippen LogP) is 3.67. The molecule has 2 N–H and O–H groups in total. The van der Waals surface area contributed by atoms with Crippen LogP contribution >= 0.6 is 0 Å². The lowest BCUT2D eigenvalue weighted by atomic mass is 9.86. The average Bonchev–Trinajstić information content (AvgIpc) is 2.34. The number of anilines is 1. The molecule has 0 amide bonds. The fraction of sp³-hybridized carbons (Fsp3) is 0.562. The van der Waals surface area contributed by atoms with E-state index in [1.54, 1.807) is 0 Å². The minimum atomic E-state index is -0.638. The molecule has 3 nitrogen and oxygen atoms in total. The highest BCUT2D eigenvalue weighted by Crippen LogP contribution is 2.29. The van der Waals surface area contributed by atoms with Crippen LogP contribution in [0.1, 0.15) is 42.4 Å². The van der Waals surface area contributed by atoms with E-state index >= 15 is 0 Å². The second-order valence-corrected chi connectivity index (χ2v) is 5.80. The standard InChI is InChI=1S/C16H23NO2/c1-10-8-11(2)15(12(3)9-10)17-14-6-4-13(5-7-14)16(18)19/h8-9,13-14,17H,4-7H2,1-3H3,(H,18,19). The van der Waals surface area contributed by atoms with Crippen LogP contribution in [-0.4, -0.2) is 17.1 Å². The first-order valence-electron chi connectivity index (χ1n) is 7.04. The van der Waals surface area contributed by atoms with Gasteiger partial charge in [0.2, 0.25) is 0 Å². The van der Waals surface area contributed by atoms with Crippen molar-refractivity contribution in [2.75, 3.05) is 5.32 Å². The summed E-state index contributed by atoms with van der Waals surface area (Å²) in [4.78, 5) is 10.9. The van der Waals surface area contributed by atoms with E-state index in [9.17, 15) is 4.79 Å². The van der Waals surface area contributed by atoms with Crippen molar-refractivity contribution < 1.29 is 9.90 Å². The number of hydrogen-bond donors (Lipinski definition) is 2. The number of carboxylic acid groups (broad SMARTS) is 1. The summed E-state index contributed by atoms with van der Waals surface area (Å²) in [5.74, 6) is -0.778. The summed E-state index contributed by atoms with van der Waals surface area (Å²) in [6.45, 7) is 6.37. The van der Waals surface area contributed by atoms with Crippen LogP contribution in [0, 0.1) is 26.7 Å². The van der Waals surface area contributed by atoms with Gasteiger partial charge in [0.15, 0.2) is 0 Å². The van der Waals surface area contributed by atoms with Crippen molar-refractivity contribution in [3.05, 3.63) is 28.8 Å². The molecule has 0 radical (unpaired) electrons. The molecule has 19 heavy (non-hydrogen) atoms. The molecule has 1 saturated carbocycles. The maximum atomic E-state index is 10.9. The molecule has 3 heteroatoms. The molecule has 0 aliphatic heterocycles. The Bertz CT molecular complexity index is 451. The molecule has 1 aromatic carbocycles. The molecule has 104 valence electrons. The minimum absolute atomic E-state index is 0.140. The van der Waals surface area contributed by atoms with Crippen molar-refractivity contribution in [2.24, 2.45) is 5.92 Å². The summed E-state index contributed by atoms with van der Waals surface area (Å²) < 4.78 is 0. The SMILES string of the molecule is Cc1cc(C)c(NC2CCC(C(=O)O)CC2)c(C)c1. The molecule has 1 aliphatic carbocycles. The number of carboxylic acids is 1. The van der Waals surface area contributed by atoms with Gasteiger partial charge in [0.1, 0.15) is 0 Å². The van der Waals surface area contributed by atoms with Gasteiger partial charge in [-0.05, 0) is 57.6 Å². The molecule has 2 rings (SSSR count). The molecule has 0 saturated heterocycles. The zero-order chi connectivity index (χ0) is 14.0. The van der Waals surface area contributed by atoms with Crippen LogP contribution in [0.5, 0.6) is 0 Å². The highest BCUT2D eigenvalue weighted by Gasteiger charge is 2.26. The van der Waals surface area contributed by atoms with Crippen LogP contribution in [0.3, 0.4) is 0 Å². The van der Waals surface area contributed by atoms with E-state index in [-0.39, 0.29) is 5.92 Å². The Balaban J connectivity index is 2.02. The van der Waals surface area contributed by atoms with Crippen molar-refractivity contribution >= 4 is 11.7 Å². The van der Waals surface area contributed by atoms with Gasteiger partial charge in [0.25, 0.3) is 0 Å². The van der Waals surface area contributed by atoms with Crippen LogP contribution in [-0.2, 0) is 4.79 Å². The quantitative estimate of drug-likeness (QED) is 0.873. The number of nitrogens with one attached hydrogen (secondary N) is 1. The fourth-order valence-electron chi connectivity index (χ4n) is 3.10. The number of rotatable bonds is 3. The summed E-state index contributed by atoms with van der Waals surface area (Å²) in [6.07, 6.45) is 3.47. The highest BCUT2D eigenvalue weighted by molar-refractivity contribution is 5.70. The third kappa shape index (κ3) is 3.28. The number of benzene rings is 1. The number of aliphatic carboxylic acids is 1. The Hall–Kier alpha value is -1.51. The van der Waals surface area contributed by atoms with E-state index in [1.807, 2.05) is 0 Å². The van der Waals surface area contributed by atoms with E-state index in [4.69, 9.17) is 5.11 Å². The Morgan fingerprint density at radius 3 is 2.11 bits per heavy atom. The lowest BCUT2D eigenvalue weighted by molar-refractivity contribution is -0.142. The molecule has 1 aliphatic rings. The summed E-state index contributed by atoms with van der Waals surface area (Å²) in [7, 11) is 0. The summed E-state index contributed by atoms with van der Waals surface area (Å²) in [5, 5.41) is 12.6. The molecular formula is C16H23NO2. The lowest BCUT2D eigenvalue weighted by Crippen LogP contribution is -2.29. The first-order chi connectivity index (χ1) is 8.97. The van der Waals surface area contributed by atoms with Gasteiger partial charge >= 0.3 is 5.97 Å². The second-order valence-electron chi connectivity index (χ2n) is 5.80. The van der Waals surface area contributed by atoms with Crippen LogP contribution in [0.15, 0.2) is 12.1 Å². The third-order valence-electron chi connectivity index (χ3n) is 4.10. The molecule has 0 atom stereocenters. The first-order valence-corrected chi connectivity index (χ1v) is 7.04. The van der Waals surface area contributed by atoms with Crippen LogP contribution in [0.25, 0.3) is 0 Å². The molecule has 0 heterocycles. The van der Waals surface area contributed by atoms with Gasteiger partial charge in [0.05, 0.1) is 5.92 Å². The fourth-order valence-corrected chi connectivity index (χ4v) is 3.10. The topological polar surface area (TPSA) is 49.3 Å². The normalized spacial score (nSPS) is 23.1. The van der Waals surface area contributed by atoms with E-state index in [0.717, 1.165) is 25.7 Å². The largest absolute Gasteiger partial charge is 0.481 e. The summed E-state index contributed by atoms with van der Waals surface area (Å²) in [5.41, 5.74) is 5.07. The van der Waals surface area contributed by atoms with Crippen molar-refractivity contribution in [1.29, 1.82) is 0 Å². The van der Waals surface area contributed by atoms with Crippen LogP contribution in [0.4, 0.5) is 5.69 Å². The Morgan fingerprint density at radius 1 is 1.11 bits per heavy atom. The molecule has 0 aromatic heterocycles. The Morgan fingerprint density at radius 2 is 1.63 bits per heavy atom. The smallest absolute Gasteiger partial charge is 0.306 e. The summed E-state index contributed by atoms with van der Waals surface area (Å²) >= 11 is 0. The Kier molecular flexibility index (Phi) is 4.13. The lowest BCUT2D eigenvalue weighted by Gasteiger charge is -2.29. The molecule has 0 unspecified atom stereocenters. The number of carbonyl (C=O) groups is 1. The maximum Gasteiger partial charge on any atom is 0.306 e. The number of aryl methyl sites for hydroxylation is 3. The minimum Gasteiger partial charge on any atom is -0.481 e. The van der Waals surface area contributed by atoms with Gasteiger partial charge in [0, 0.05) is 11.7 Å². The van der Waals surface area contributed by atoms with Gasteiger partial charge in [-0.2, -0.15) is 0 Å². The van der Waals surface area contributed by atoms with E-state index in [2.05, 4.69) is 38.2 Å². The van der Waals surface area contributed by atoms with Gasteiger partial charge < -0.3 is 10.4 Å². The van der Waals surface area contributed by atoms with Gasteiger partial charge in [-0.1, -0.05) is 17.7 Å². The van der Waals surface area contributed by atoms with Crippen molar-refractivity contribution in [1.82, 2.24) is 0 Å². The Labute approximate surface area is 115 Å². The van der Waals surface area contributed by atoms with Crippen LogP contribution < -0.4 is 5.32 Å². The van der Waals surface area contributed by atoms with Crippen LogP contribution in [0.2, 0.25) is 0 Å². The van der Waals surface area contributed by atoms with Gasteiger partial charge in [-0.15, -0.1) is 0 Å². The predicted molar refractivity (Wildman–Crippen MR) is 77.7 cm³/mol. The maximum absolute atomic E-state index is 10.9. The van der Waals surface area contributed by atoms with E-state index < -0.39 is 5.97 Å². The second kappa shape index (κ2) is 5.64. The van der Waals surface area contributed by atoms with Crippen molar-refractivity contribution in [3.8, 4) is 0 Å². The van der Waals surface area contributed by atoms with E-state index in [1.165, 1.54) is 22.4 Å². The third-order valence-corrected chi connectivity index (χ3v) is 4.10. The van der Waals surface area contributed by atoms with Crippen molar-refractivity contribution in [2.45, 2.75) is 52.5 Å². The highest BCUT2D eigenvalue weighted by atomic mass is 16.4. The van der Waals surface area contributed by atoms with E-state index in [0.29, 0.717) is 6.04 Å². The van der Waals surface area contributed by atoms with Crippen molar-refractivity contribution in [3.63, 3.8) is 0 Å². The monoisotopic (exact) mass is 261 g/mol. The molecule has 0 bridgehead atoms. The number of hydrogen-bond acceptors (Lipinski definition) is 2.